The molecule has 0 unspecified atom stereocenters. The van der Waals surface area contributed by atoms with Crippen LogP contribution in [0.1, 0.15) is 95.1 Å². The number of rotatable bonds is 7. The molecule has 2 amide bonds. The van der Waals surface area contributed by atoms with Gasteiger partial charge in [0.15, 0.2) is 0 Å². The number of nitrogens with one attached hydrogen (secondary N) is 1. The van der Waals surface area contributed by atoms with Gasteiger partial charge in [-0.3, -0.25) is 4.79 Å². The Morgan fingerprint density at radius 3 is 2.39 bits per heavy atom. The van der Waals surface area contributed by atoms with E-state index in [0.717, 1.165) is 34.4 Å². The lowest BCUT2D eigenvalue weighted by atomic mass is 9.64. The van der Waals surface area contributed by atoms with Gasteiger partial charge in [-0.1, -0.05) is 79.2 Å². The van der Waals surface area contributed by atoms with E-state index in [4.69, 9.17) is 0 Å². The lowest BCUT2D eigenvalue weighted by Gasteiger charge is -2.46. The number of aliphatic hydroxyl groups excluding tert-OH is 1. The second-order valence-corrected chi connectivity index (χ2v) is 15.6. The van der Waals surface area contributed by atoms with Crippen molar-refractivity contribution >= 4 is 28.8 Å². The van der Waals surface area contributed by atoms with Crippen LogP contribution in [0.5, 0.6) is 0 Å². The number of thiophene rings is 1. The summed E-state index contributed by atoms with van der Waals surface area (Å²) < 4.78 is 0. The summed E-state index contributed by atoms with van der Waals surface area (Å²) in [6.45, 7) is 6.78. The number of aryl methyl sites for hydroxylation is 1. The van der Waals surface area contributed by atoms with Crippen molar-refractivity contribution in [3.05, 3.63) is 135 Å². The zero-order chi connectivity index (χ0) is 34.6. The minimum absolute atomic E-state index is 0.0157. The van der Waals surface area contributed by atoms with Crippen molar-refractivity contribution in [1.29, 1.82) is 0 Å². The molecular weight excluding hydrogens is 629 g/mol. The van der Waals surface area contributed by atoms with E-state index in [9.17, 15) is 19.8 Å². The van der Waals surface area contributed by atoms with Gasteiger partial charge < -0.3 is 20.4 Å². The van der Waals surface area contributed by atoms with Crippen LogP contribution in [-0.2, 0) is 13.0 Å². The molecule has 3 aromatic carbocycles. The Bertz CT molecular complexity index is 1800. The monoisotopic (exact) mass is 676 g/mol. The molecule has 1 aromatic heterocycles. The lowest BCUT2D eigenvalue weighted by molar-refractivity contribution is -0.0773. The Balaban J connectivity index is 1.41. The molecule has 0 spiro atoms. The number of benzene rings is 3. The standard InChI is InChI=1S/C42H48N2O4S/c1-29-11-10-23-41(3)37(35-20-18-32(25-34(45)19-16-29)26-36(35)39(46)38-21-17-30(2)49-38)22-24-42(41,48)28-44(27-31-12-6-4-7-13-31)40(47)43-33-14-8-5-9-15-33/h4-9,11-15,17-18,20-21,26,34,37,45,48H,10,16,19,22-25,27-28H2,1-3H3,(H,43,47)/t34-,37-,41-,42+/m0/s1. The molecule has 7 heteroatoms. The van der Waals surface area contributed by atoms with Crippen molar-refractivity contribution in [3.8, 4) is 0 Å². The first kappa shape index (κ1) is 34.8. The highest BCUT2D eigenvalue weighted by atomic mass is 32.1. The van der Waals surface area contributed by atoms with E-state index < -0.39 is 17.1 Å². The number of amides is 2. The Kier molecular flexibility index (Phi) is 10.5. The number of aliphatic hydroxyl groups is 2. The van der Waals surface area contributed by atoms with E-state index in [1.807, 2.05) is 85.8 Å². The van der Waals surface area contributed by atoms with Crippen LogP contribution in [0.2, 0.25) is 0 Å². The molecule has 1 fully saturated rings. The zero-order valence-electron chi connectivity index (χ0n) is 28.8. The Hall–Kier alpha value is -4.04. The highest BCUT2D eigenvalue weighted by molar-refractivity contribution is 7.14. The molecule has 0 saturated heterocycles. The number of para-hydroxylation sites is 1. The number of carbonyl (C=O) groups excluding carboxylic acids is 2. The lowest BCUT2D eigenvalue weighted by Crippen LogP contribution is -2.54. The number of nitrogens with zero attached hydrogens (tertiary/aromatic N) is 1. The molecule has 1 heterocycles. The summed E-state index contributed by atoms with van der Waals surface area (Å²) in [5.41, 5.74) is 3.55. The third-order valence-corrected chi connectivity index (χ3v) is 11.9. The number of hydrogen-bond acceptors (Lipinski definition) is 5. The maximum absolute atomic E-state index is 14.2. The van der Waals surface area contributed by atoms with Crippen LogP contribution in [0.15, 0.2) is 103 Å². The molecule has 6 nitrogen and oxygen atoms in total. The van der Waals surface area contributed by atoms with Crippen LogP contribution in [0.25, 0.3) is 0 Å². The van der Waals surface area contributed by atoms with Gasteiger partial charge in [-0.15, -0.1) is 11.3 Å². The molecule has 3 N–H and O–H groups in total. The number of carbonyl (C=O) groups is 2. The van der Waals surface area contributed by atoms with E-state index in [-0.39, 0.29) is 24.3 Å². The molecule has 3 aliphatic carbocycles. The molecule has 3 aliphatic rings. The minimum Gasteiger partial charge on any atom is -0.393 e. The first-order chi connectivity index (χ1) is 23.5. The van der Waals surface area contributed by atoms with Gasteiger partial charge in [0.2, 0.25) is 5.78 Å². The average Bonchev–Trinajstić information content (AvgIpc) is 3.64. The first-order valence-electron chi connectivity index (χ1n) is 17.5. The third-order valence-electron chi connectivity index (χ3n) is 10.9. The fourth-order valence-electron chi connectivity index (χ4n) is 7.93. The van der Waals surface area contributed by atoms with Gasteiger partial charge in [0, 0.05) is 28.1 Å². The normalized spacial score (nSPS) is 24.1. The van der Waals surface area contributed by atoms with Crippen molar-refractivity contribution in [1.82, 2.24) is 4.90 Å². The summed E-state index contributed by atoms with van der Waals surface area (Å²) in [7, 11) is 0. The Morgan fingerprint density at radius 2 is 1.67 bits per heavy atom. The van der Waals surface area contributed by atoms with Crippen molar-refractivity contribution in [2.45, 2.75) is 89.9 Å². The molecule has 0 aliphatic heterocycles. The SMILES string of the molecule is CC1=CCC[C@@]2(C)[C@@H](CC[C@@]2(O)CN(Cc2ccccc2)C(=O)Nc2ccccc2)c2ccc(cc2C(=O)c2ccc(C)s2)C[C@@H](O)CC1. The highest BCUT2D eigenvalue weighted by Gasteiger charge is 2.57. The summed E-state index contributed by atoms with van der Waals surface area (Å²) in [6, 6.07) is 29.0. The quantitative estimate of drug-likeness (QED) is 0.135. The van der Waals surface area contributed by atoms with Gasteiger partial charge in [0.05, 0.1) is 23.1 Å². The van der Waals surface area contributed by atoms with Gasteiger partial charge in [-0.25, -0.2) is 4.79 Å². The van der Waals surface area contributed by atoms with Crippen LogP contribution in [-0.4, -0.2) is 45.2 Å². The number of allylic oxidation sites excluding steroid dienone is 2. The van der Waals surface area contributed by atoms with Crippen LogP contribution in [0.4, 0.5) is 10.5 Å². The summed E-state index contributed by atoms with van der Waals surface area (Å²) >= 11 is 1.50. The molecule has 2 bridgehead atoms. The van der Waals surface area contributed by atoms with Crippen LogP contribution in [0.3, 0.4) is 0 Å². The summed E-state index contributed by atoms with van der Waals surface area (Å²) in [4.78, 5) is 31.7. The molecule has 256 valence electrons. The topological polar surface area (TPSA) is 89.9 Å². The van der Waals surface area contributed by atoms with Crippen LogP contribution >= 0.6 is 11.3 Å². The van der Waals surface area contributed by atoms with Crippen LogP contribution < -0.4 is 5.32 Å². The third kappa shape index (κ3) is 7.75. The van der Waals surface area contributed by atoms with Crippen molar-refractivity contribution < 1.29 is 19.8 Å². The smallest absolute Gasteiger partial charge is 0.322 e. The van der Waals surface area contributed by atoms with E-state index in [0.29, 0.717) is 54.8 Å². The van der Waals surface area contributed by atoms with E-state index in [1.54, 1.807) is 4.90 Å². The highest BCUT2D eigenvalue weighted by Crippen LogP contribution is 2.59. The van der Waals surface area contributed by atoms with Crippen molar-refractivity contribution in [2.24, 2.45) is 5.41 Å². The summed E-state index contributed by atoms with van der Waals surface area (Å²) in [6.07, 6.45) is 6.26. The molecule has 1 saturated carbocycles. The predicted octanol–water partition coefficient (Wildman–Crippen LogP) is 9.06. The molecule has 49 heavy (non-hydrogen) atoms. The predicted molar refractivity (Wildman–Crippen MR) is 198 cm³/mol. The van der Waals surface area contributed by atoms with Crippen molar-refractivity contribution in [2.75, 3.05) is 11.9 Å². The van der Waals surface area contributed by atoms with Crippen LogP contribution in [0, 0.1) is 12.3 Å². The molecule has 4 aromatic rings. The van der Waals surface area contributed by atoms with E-state index >= 15 is 0 Å². The number of anilines is 1. The average molecular weight is 677 g/mol. The van der Waals surface area contributed by atoms with Crippen molar-refractivity contribution in [3.63, 3.8) is 0 Å². The molecular formula is C42H48N2O4S. The van der Waals surface area contributed by atoms with Gasteiger partial charge in [0.25, 0.3) is 0 Å². The van der Waals surface area contributed by atoms with Gasteiger partial charge in [-0.05, 0) is 112 Å². The fourth-order valence-corrected chi connectivity index (χ4v) is 8.75. The fraction of sp³-hybridized carbons (Fsp3) is 0.381. The summed E-state index contributed by atoms with van der Waals surface area (Å²) in [5.74, 6) is -0.137. The number of fused-ring (bicyclic) bond motifs is 8. The van der Waals surface area contributed by atoms with Gasteiger partial charge >= 0.3 is 6.03 Å². The van der Waals surface area contributed by atoms with E-state index in [1.165, 1.54) is 16.9 Å². The Morgan fingerprint density at radius 1 is 0.939 bits per heavy atom. The number of hydrogen-bond donors (Lipinski definition) is 3. The second-order valence-electron chi connectivity index (χ2n) is 14.3. The molecule has 4 atom stereocenters. The Labute approximate surface area is 294 Å². The van der Waals surface area contributed by atoms with Gasteiger partial charge in [-0.2, -0.15) is 0 Å². The summed E-state index contributed by atoms with van der Waals surface area (Å²) in [5, 5.41) is 26.9. The largest absolute Gasteiger partial charge is 0.393 e. The molecule has 7 rings (SSSR count). The number of ketones is 1. The second kappa shape index (κ2) is 14.8. The first-order valence-corrected chi connectivity index (χ1v) is 18.3. The van der Waals surface area contributed by atoms with E-state index in [2.05, 4.69) is 37.4 Å². The van der Waals surface area contributed by atoms with Gasteiger partial charge in [0.1, 0.15) is 0 Å². The maximum atomic E-state index is 14.2. The molecule has 0 radical (unpaired) electrons. The zero-order valence-corrected chi connectivity index (χ0v) is 29.6. The maximum Gasteiger partial charge on any atom is 0.322 e. The number of urea groups is 1. The minimum atomic E-state index is -1.23.